The standard InChI is InChI=1S/C67H132NO8P/c1-6-8-10-12-14-16-18-20-22-24-26-28-30-32-34-36-38-40-42-44-46-48-50-52-54-56-58-60-67(70)76-65(64-75-77(71,72)74-62-61-68(3,4)5)63-73-66(69)59-57-55-53-51-49-47-45-43-41-39-37-35-33-31-29-27-25-23-21-19-17-15-13-11-9-7-2/h24,26,65H,6-23,25,27-64H2,1-5H3/p+1/b26-24-. The van der Waals surface area contributed by atoms with E-state index in [1.807, 2.05) is 21.1 Å². The van der Waals surface area contributed by atoms with Crippen LogP contribution in [0.25, 0.3) is 0 Å². The summed E-state index contributed by atoms with van der Waals surface area (Å²) in [6.07, 6.45) is 71.7. The van der Waals surface area contributed by atoms with E-state index in [9.17, 15) is 19.0 Å². The van der Waals surface area contributed by atoms with Crippen LogP contribution in [-0.4, -0.2) is 74.9 Å². The predicted molar refractivity (Wildman–Crippen MR) is 331 cm³/mol. The number of carbonyl (C=O) groups is 2. The number of unbranched alkanes of at least 4 members (excludes halogenated alkanes) is 48. The molecule has 2 unspecified atom stereocenters. The zero-order valence-electron chi connectivity index (χ0n) is 52.2. The quantitative estimate of drug-likeness (QED) is 0.0211. The van der Waals surface area contributed by atoms with Crippen LogP contribution in [0.3, 0.4) is 0 Å². The van der Waals surface area contributed by atoms with Crippen molar-refractivity contribution >= 4 is 19.8 Å². The molecule has 0 amide bonds. The van der Waals surface area contributed by atoms with Crippen LogP contribution in [0.2, 0.25) is 0 Å². The molecule has 0 fully saturated rings. The first-order valence-corrected chi connectivity index (χ1v) is 35.4. The third-order valence-corrected chi connectivity index (χ3v) is 16.5. The molecule has 0 saturated heterocycles. The summed E-state index contributed by atoms with van der Waals surface area (Å²) in [5.74, 6) is -0.772. The molecule has 0 aromatic rings. The smallest absolute Gasteiger partial charge is 0.462 e. The van der Waals surface area contributed by atoms with Crippen LogP contribution >= 0.6 is 7.82 Å². The van der Waals surface area contributed by atoms with Crippen molar-refractivity contribution in [3.05, 3.63) is 12.2 Å². The summed E-state index contributed by atoms with van der Waals surface area (Å²) in [6, 6.07) is 0. The Morgan fingerprint density at radius 1 is 0.390 bits per heavy atom. The monoisotopic (exact) mass is 1110 g/mol. The normalized spacial score (nSPS) is 13.2. The number of likely N-dealkylation sites (N-methyl/N-ethyl adjacent to an activating group) is 1. The minimum absolute atomic E-state index is 0.0363. The molecule has 458 valence electrons. The number of nitrogens with zero attached hydrogens (tertiary/aromatic N) is 1. The maximum Gasteiger partial charge on any atom is 0.472 e. The first kappa shape index (κ1) is 75.8. The lowest BCUT2D eigenvalue weighted by Gasteiger charge is -2.24. The largest absolute Gasteiger partial charge is 0.472 e. The van der Waals surface area contributed by atoms with E-state index < -0.39 is 26.5 Å². The number of ether oxygens (including phenoxy) is 2. The van der Waals surface area contributed by atoms with Gasteiger partial charge in [-0.05, 0) is 38.5 Å². The fourth-order valence-electron chi connectivity index (χ4n) is 10.3. The summed E-state index contributed by atoms with van der Waals surface area (Å²) >= 11 is 0. The summed E-state index contributed by atoms with van der Waals surface area (Å²) in [5, 5.41) is 0. The van der Waals surface area contributed by atoms with Crippen LogP contribution in [0.15, 0.2) is 12.2 Å². The molecule has 0 aromatic heterocycles. The molecule has 10 heteroatoms. The van der Waals surface area contributed by atoms with Gasteiger partial charge in [0.05, 0.1) is 27.7 Å². The number of allylic oxidation sites excluding steroid dienone is 2. The zero-order valence-corrected chi connectivity index (χ0v) is 53.1. The first-order valence-electron chi connectivity index (χ1n) is 33.9. The first-order chi connectivity index (χ1) is 37.5. The van der Waals surface area contributed by atoms with Crippen molar-refractivity contribution in [2.75, 3.05) is 47.5 Å². The number of carbonyl (C=O) groups excluding carboxylic acids is 2. The molecule has 0 radical (unpaired) electrons. The van der Waals surface area contributed by atoms with Gasteiger partial charge in [0.1, 0.15) is 19.8 Å². The van der Waals surface area contributed by atoms with E-state index in [2.05, 4.69) is 26.0 Å². The Labute approximate surface area is 479 Å². The zero-order chi connectivity index (χ0) is 56.3. The van der Waals surface area contributed by atoms with Crippen molar-refractivity contribution in [1.82, 2.24) is 0 Å². The van der Waals surface area contributed by atoms with Crippen LogP contribution < -0.4 is 0 Å². The lowest BCUT2D eigenvalue weighted by Crippen LogP contribution is -2.37. The minimum Gasteiger partial charge on any atom is -0.462 e. The van der Waals surface area contributed by atoms with Gasteiger partial charge >= 0.3 is 19.8 Å². The Hall–Kier alpha value is -1.25. The van der Waals surface area contributed by atoms with Crippen LogP contribution in [0.4, 0.5) is 0 Å². The molecule has 77 heavy (non-hydrogen) atoms. The molecular formula is C67H133NO8P+. The second-order valence-corrected chi connectivity index (χ2v) is 26.0. The number of rotatable bonds is 64. The Kier molecular flexibility index (Phi) is 58.4. The number of hydrogen-bond donors (Lipinski definition) is 1. The number of quaternary nitrogens is 1. The third-order valence-electron chi connectivity index (χ3n) is 15.5. The topological polar surface area (TPSA) is 108 Å². The highest BCUT2D eigenvalue weighted by Gasteiger charge is 2.27. The molecule has 0 aliphatic carbocycles. The number of hydrogen-bond acceptors (Lipinski definition) is 7. The van der Waals surface area contributed by atoms with E-state index in [0.29, 0.717) is 23.9 Å². The van der Waals surface area contributed by atoms with Crippen LogP contribution in [0, 0.1) is 0 Å². The summed E-state index contributed by atoms with van der Waals surface area (Å²) in [5.41, 5.74) is 0. The number of phosphoric ester groups is 1. The third kappa shape index (κ3) is 63.8. The minimum atomic E-state index is -4.38. The lowest BCUT2D eigenvalue weighted by molar-refractivity contribution is -0.870. The summed E-state index contributed by atoms with van der Waals surface area (Å²) in [6.45, 7) is 4.52. The molecule has 0 aliphatic rings. The van der Waals surface area contributed by atoms with E-state index in [1.54, 1.807) is 0 Å². The lowest BCUT2D eigenvalue weighted by atomic mass is 10.0. The Morgan fingerprint density at radius 3 is 0.961 bits per heavy atom. The maximum absolute atomic E-state index is 12.9. The average molecular weight is 1110 g/mol. The van der Waals surface area contributed by atoms with Crippen molar-refractivity contribution in [2.24, 2.45) is 0 Å². The van der Waals surface area contributed by atoms with Gasteiger partial charge in [0.15, 0.2) is 6.10 Å². The molecule has 0 aromatic carbocycles. The molecule has 0 saturated carbocycles. The maximum atomic E-state index is 12.9. The molecular weight excluding hydrogens is 978 g/mol. The second kappa shape index (κ2) is 59.4. The Morgan fingerprint density at radius 2 is 0.662 bits per heavy atom. The van der Waals surface area contributed by atoms with Crippen LogP contribution in [-0.2, 0) is 32.7 Å². The Balaban J connectivity index is 4.01. The molecule has 9 nitrogen and oxygen atoms in total. The highest BCUT2D eigenvalue weighted by Crippen LogP contribution is 2.43. The van der Waals surface area contributed by atoms with Gasteiger partial charge in [0.25, 0.3) is 0 Å². The summed E-state index contributed by atoms with van der Waals surface area (Å²) in [4.78, 5) is 35.8. The van der Waals surface area contributed by atoms with Crippen LogP contribution in [0.1, 0.15) is 354 Å². The van der Waals surface area contributed by atoms with Crippen molar-refractivity contribution < 1.29 is 42.1 Å². The van der Waals surface area contributed by atoms with E-state index in [1.165, 1.54) is 289 Å². The average Bonchev–Trinajstić information content (AvgIpc) is 3.39. The van der Waals surface area contributed by atoms with E-state index in [0.717, 1.165) is 32.1 Å². The number of esters is 2. The van der Waals surface area contributed by atoms with Gasteiger partial charge in [-0.1, -0.05) is 315 Å². The number of phosphoric acid groups is 1. The molecule has 0 heterocycles. The molecule has 0 bridgehead atoms. The Bertz CT molecular complexity index is 1300. The van der Waals surface area contributed by atoms with E-state index in [4.69, 9.17) is 18.5 Å². The van der Waals surface area contributed by atoms with Crippen molar-refractivity contribution in [1.29, 1.82) is 0 Å². The molecule has 0 spiro atoms. The summed E-state index contributed by atoms with van der Waals surface area (Å²) in [7, 11) is 1.50. The van der Waals surface area contributed by atoms with Gasteiger partial charge in [-0.3, -0.25) is 18.6 Å². The fourth-order valence-corrected chi connectivity index (χ4v) is 11.1. The molecule has 0 aliphatic heterocycles. The van der Waals surface area contributed by atoms with Gasteiger partial charge in [0.2, 0.25) is 0 Å². The molecule has 0 rings (SSSR count). The SMILES string of the molecule is CCCCCCCCCC/C=C\CCCCCCCCCCCCCCCCCC(=O)OC(COC(=O)CCCCCCCCCCCCCCCCCCCCCCCCCCCC)COP(=O)(O)OCC[N+](C)(C)C. The van der Waals surface area contributed by atoms with E-state index in [-0.39, 0.29) is 25.6 Å². The van der Waals surface area contributed by atoms with Gasteiger partial charge in [-0.2, -0.15) is 0 Å². The summed E-state index contributed by atoms with van der Waals surface area (Å²) < 4.78 is 34.7. The van der Waals surface area contributed by atoms with Gasteiger partial charge in [-0.25, -0.2) is 4.57 Å². The van der Waals surface area contributed by atoms with E-state index >= 15 is 0 Å². The van der Waals surface area contributed by atoms with Crippen molar-refractivity contribution in [3.63, 3.8) is 0 Å². The highest BCUT2D eigenvalue weighted by molar-refractivity contribution is 7.47. The second-order valence-electron chi connectivity index (χ2n) is 24.6. The molecule has 2 atom stereocenters. The molecule has 1 N–H and O–H groups in total. The van der Waals surface area contributed by atoms with Gasteiger partial charge in [-0.15, -0.1) is 0 Å². The van der Waals surface area contributed by atoms with Crippen LogP contribution in [0.5, 0.6) is 0 Å². The van der Waals surface area contributed by atoms with Crippen molar-refractivity contribution in [3.8, 4) is 0 Å². The predicted octanol–water partition coefficient (Wildman–Crippen LogP) is 21.6. The fraction of sp³-hybridized carbons (Fsp3) is 0.940. The van der Waals surface area contributed by atoms with Crippen molar-refractivity contribution in [2.45, 2.75) is 360 Å². The van der Waals surface area contributed by atoms with Gasteiger partial charge in [0, 0.05) is 12.8 Å². The highest BCUT2D eigenvalue weighted by atomic mass is 31.2. The van der Waals surface area contributed by atoms with Gasteiger partial charge < -0.3 is 18.9 Å².